The summed E-state index contributed by atoms with van der Waals surface area (Å²) in [5.74, 6) is 0.848. The first-order chi connectivity index (χ1) is 10.0. The number of rotatable bonds is 6. The van der Waals surface area contributed by atoms with Crippen LogP contribution in [-0.4, -0.2) is 32.1 Å². The van der Waals surface area contributed by atoms with E-state index in [4.69, 9.17) is 11.6 Å². The molecule has 1 aliphatic rings. The van der Waals surface area contributed by atoms with Crippen LogP contribution in [0.5, 0.6) is 0 Å². The van der Waals surface area contributed by atoms with Gasteiger partial charge in [0.1, 0.15) is 0 Å². The summed E-state index contributed by atoms with van der Waals surface area (Å²) in [5.41, 5.74) is 1.65. The van der Waals surface area contributed by atoms with Gasteiger partial charge < -0.3 is 10.2 Å². The SMILES string of the molecule is CNCC1(CN(C)Cc2ccccc2Cl)CCCC(C)C1. The molecule has 1 N–H and O–H groups in total. The predicted molar refractivity (Wildman–Crippen MR) is 91.8 cm³/mol. The van der Waals surface area contributed by atoms with Crippen molar-refractivity contribution in [3.05, 3.63) is 34.9 Å². The summed E-state index contributed by atoms with van der Waals surface area (Å²) in [6, 6.07) is 8.18. The molecule has 0 amide bonds. The van der Waals surface area contributed by atoms with Crippen molar-refractivity contribution in [2.75, 3.05) is 27.2 Å². The number of halogens is 1. The van der Waals surface area contributed by atoms with Gasteiger partial charge in [-0.2, -0.15) is 0 Å². The largest absolute Gasteiger partial charge is 0.319 e. The Morgan fingerprint density at radius 2 is 2.14 bits per heavy atom. The first-order valence-corrected chi connectivity index (χ1v) is 8.49. The van der Waals surface area contributed by atoms with Gasteiger partial charge in [-0.25, -0.2) is 0 Å². The molecule has 0 spiro atoms. The molecule has 0 aliphatic heterocycles. The maximum absolute atomic E-state index is 6.29. The summed E-state index contributed by atoms with van der Waals surface area (Å²) in [4.78, 5) is 2.44. The molecule has 0 radical (unpaired) electrons. The number of nitrogens with zero attached hydrogens (tertiary/aromatic N) is 1. The minimum absolute atomic E-state index is 0.419. The van der Waals surface area contributed by atoms with Crippen molar-refractivity contribution in [3.8, 4) is 0 Å². The first kappa shape index (κ1) is 16.8. The van der Waals surface area contributed by atoms with Gasteiger partial charge in [0.25, 0.3) is 0 Å². The highest BCUT2D eigenvalue weighted by Gasteiger charge is 2.35. The van der Waals surface area contributed by atoms with Crippen molar-refractivity contribution in [3.63, 3.8) is 0 Å². The van der Waals surface area contributed by atoms with Crippen LogP contribution in [0.4, 0.5) is 0 Å². The van der Waals surface area contributed by atoms with E-state index < -0.39 is 0 Å². The summed E-state index contributed by atoms with van der Waals surface area (Å²) in [7, 11) is 4.30. The van der Waals surface area contributed by atoms with E-state index in [0.29, 0.717) is 5.41 Å². The van der Waals surface area contributed by atoms with Crippen molar-refractivity contribution in [1.82, 2.24) is 10.2 Å². The molecule has 1 aliphatic carbocycles. The topological polar surface area (TPSA) is 15.3 Å². The molecule has 0 saturated heterocycles. The predicted octanol–water partition coefficient (Wildman–Crippen LogP) is 4.19. The van der Waals surface area contributed by atoms with Gasteiger partial charge in [-0.3, -0.25) is 0 Å². The Morgan fingerprint density at radius 3 is 2.81 bits per heavy atom. The van der Waals surface area contributed by atoms with Gasteiger partial charge in [0.05, 0.1) is 0 Å². The average Bonchev–Trinajstić information content (AvgIpc) is 2.41. The molecule has 1 aromatic rings. The van der Waals surface area contributed by atoms with E-state index in [1.54, 1.807) is 0 Å². The van der Waals surface area contributed by atoms with Crippen molar-refractivity contribution >= 4 is 11.6 Å². The van der Waals surface area contributed by atoms with E-state index in [9.17, 15) is 0 Å². The normalized spacial score (nSPS) is 26.2. The summed E-state index contributed by atoms with van der Waals surface area (Å²) in [5, 5.41) is 4.31. The third-order valence-electron chi connectivity index (χ3n) is 4.74. The molecule has 118 valence electrons. The van der Waals surface area contributed by atoms with Crippen LogP contribution < -0.4 is 5.32 Å². The lowest BCUT2D eigenvalue weighted by atomic mass is 9.69. The van der Waals surface area contributed by atoms with Crippen LogP contribution in [0.25, 0.3) is 0 Å². The zero-order chi connectivity index (χ0) is 15.3. The molecule has 3 heteroatoms. The van der Waals surface area contributed by atoms with Crippen molar-refractivity contribution in [1.29, 1.82) is 0 Å². The van der Waals surface area contributed by atoms with Crippen LogP contribution in [0.2, 0.25) is 5.02 Å². The second kappa shape index (κ2) is 7.62. The van der Waals surface area contributed by atoms with Crippen LogP contribution in [-0.2, 0) is 6.54 Å². The Hall–Kier alpha value is -0.570. The minimum atomic E-state index is 0.419. The van der Waals surface area contributed by atoms with Gasteiger partial charge >= 0.3 is 0 Å². The van der Waals surface area contributed by atoms with Crippen LogP contribution >= 0.6 is 11.6 Å². The van der Waals surface area contributed by atoms with Crippen molar-refractivity contribution in [2.24, 2.45) is 11.3 Å². The van der Waals surface area contributed by atoms with E-state index in [-0.39, 0.29) is 0 Å². The molecule has 0 aromatic heterocycles. The van der Waals surface area contributed by atoms with Gasteiger partial charge in [-0.1, -0.05) is 49.6 Å². The zero-order valence-electron chi connectivity index (χ0n) is 13.7. The van der Waals surface area contributed by atoms with Gasteiger partial charge in [-0.05, 0) is 49.9 Å². The molecule has 1 saturated carbocycles. The molecule has 1 aromatic carbocycles. The number of hydrogen-bond acceptors (Lipinski definition) is 2. The molecule has 1 fully saturated rings. The smallest absolute Gasteiger partial charge is 0.0451 e. The van der Waals surface area contributed by atoms with Crippen LogP contribution in [0, 0.1) is 11.3 Å². The fraction of sp³-hybridized carbons (Fsp3) is 0.667. The Balaban J connectivity index is 2.01. The summed E-state index contributed by atoms with van der Waals surface area (Å²) in [6.45, 7) is 5.59. The van der Waals surface area contributed by atoms with E-state index in [0.717, 1.165) is 30.6 Å². The highest BCUT2D eigenvalue weighted by atomic mass is 35.5. The average molecular weight is 309 g/mol. The van der Waals surface area contributed by atoms with Crippen molar-refractivity contribution < 1.29 is 0 Å². The summed E-state index contributed by atoms with van der Waals surface area (Å²) >= 11 is 6.29. The van der Waals surface area contributed by atoms with Gasteiger partial charge in [-0.15, -0.1) is 0 Å². The van der Waals surface area contributed by atoms with Gasteiger partial charge in [0.15, 0.2) is 0 Å². The minimum Gasteiger partial charge on any atom is -0.319 e. The van der Waals surface area contributed by atoms with Crippen molar-refractivity contribution in [2.45, 2.75) is 39.2 Å². The van der Waals surface area contributed by atoms with Crippen LogP contribution in [0.15, 0.2) is 24.3 Å². The Labute approximate surface area is 134 Å². The zero-order valence-corrected chi connectivity index (χ0v) is 14.4. The quantitative estimate of drug-likeness (QED) is 0.848. The maximum Gasteiger partial charge on any atom is 0.0451 e. The first-order valence-electron chi connectivity index (χ1n) is 8.11. The molecule has 2 atom stereocenters. The summed E-state index contributed by atoms with van der Waals surface area (Å²) in [6.07, 6.45) is 5.42. The summed E-state index contributed by atoms with van der Waals surface area (Å²) < 4.78 is 0. The molecule has 2 unspecified atom stereocenters. The number of hydrogen-bond donors (Lipinski definition) is 1. The lowest BCUT2D eigenvalue weighted by molar-refractivity contribution is 0.0910. The Bertz CT molecular complexity index is 445. The van der Waals surface area contributed by atoms with E-state index >= 15 is 0 Å². The fourth-order valence-corrected chi connectivity index (χ4v) is 4.25. The van der Waals surface area contributed by atoms with Crippen LogP contribution in [0.1, 0.15) is 38.2 Å². The maximum atomic E-state index is 6.29. The molecular weight excluding hydrogens is 280 g/mol. The third kappa shape index (κ3) is 4.70. The van der Waals surface area contributed by atoms with E-state index in [1.165, 1.54) is 31.2 Å². The molecular formula is C18H29ClN2. The van der Waals surface area contributed by atoms with E-state index in [1.807, 2.05) is 12.1 Å². The van der Waals surface area contributed by atoms with Crippen LogP contribution in [0.3, 0.4) is 0 Å². The monoisotopic (exact) mass is 308 g/mol. The Morgan fingerprint density at radius 1 is 1.38 bits per heavy atom. The fourth-order valence-electron chi connectivity index (χ4n) is 4.05. The van der Waals surface area contributed by atoms with E-state index in [2.05, 4.69) is 43.4 Å². The highest BCUT2D eigenvalue weighted by molar-refractivity contribution is 6.31. The molecule has 21 heavy (non-hydrogen) atoms. The van der Waals surface area contributed by atoms with Gasteiger partial charge in [0.2, 0.25) is 0 Å². The Kier molecular flexibility index (Phi) is 6.09. The third-order valence-corrected chi connectivity index (χ3v) is 5.11. The second-order valence-electron chi connectivity index (χ2n) is 7.00. The molecule has 2 rings (SSSR count). The lowest BCUT2D eigenvalue weighted by Gasteiger charge is -2.42. The second-order valence-corrected chi connectivity index (χ2v) is 7.40. The lowest BCUT2D eigenvalue weighted by Crippen LogP contribution is -2.44. The standard InChI is InChI=1S/C18H29ClN2/c1-15-7-6-10-18(11-15,13-20-2)14-21(3)12-16-8-4-5-9-17(16)19/h4-5,8-9,15,20H,6-7,10-14H2,1-3H3. The molecule has 2 nitrogen and oxygen atoms in total. The molecule has 0 heterocycles. The number of nitrogens with one attached hydrogen (secondary N) is 1. The number of benzene rings is 1. The highest BCUT2D eigenvalue weighted by Crippen LogP contribution is 2.39. The molecule has 0 bridgehead atoms. The van der Waals surface area contributed by atoms with Gasteiger partial charge in [0, 0.05) is 24.7 Å².